The first-order valence-corrected chi connectivity index (χ1v) is 12.1. The lowest BCUT2D eigenvalue weighted by Gasteiger charge is -2.19. The second kappa shape index (κ2) is 9.55. The molecule has 2 amide bonds. The van der Waals surface area contributed by atoms with Gasteiger partial charge in [-0.3, -0.25) is 9.36 Å². The van der Waals surface area contributed by atoms with Gasteiger partial charge in [0.05, 0.1) is 22.8 Å². The molecule has 0 saturated carbocycles. The van der Waals surface area contributed by atoms with Crippen molar-refractivity contribution in [3.63, 3.8) is 0 Å². The Hall–Kier alpha value is -3.25. The molecule has 12 heteroatoms. The topological polar surface area (TPSA) is 114 Å². The van der Waals surface area contributed by atoms with Gasteiger partial charge >= 0.3 is 6.03 Å². The molecular weight excluding hydrogens is 461 g/mol. The molecule has 2 heterocycles. The molecule has 3 aromatic rings. The van der Waals surface area contributed by atoms with Gasteiger partial charge in [-0.2, -0.15) is 18.6 Å². The Bertz CT molecular complexity index is 1330. The Morgan fingerprint density at radius 1 is 1.12 bits per heavy atom. The molecule has 10 nitrogen and oxygen atoms in total. The van der Waals surface area contributed by atoms with E-state index in [0.717, 1.165) is 5.69 Å². The monoisotopic (exact) mass is 491 g/mol. The molecule has 0 aliphatic heterocycles. The van der Waals surface area contributed by atoms with Crippen LogP contribution in [0, 0.1) is 12.7 Å². The number of aryl methyl sites for hydroxylation is 3. The Labute approximate surface area is 198 Å². The molecule has 0 atom stereocenters. The van der Waals surface area contributed by atoms with E-state index >= 15 is 0 Å². The zero-order chi connectivity index (χ0) is 25.4. The number of carbonyl (C=O) groups is 1. The Morgan fingerprint density at radius 2 is 1.79 bits per heavy atom. The molecule has 0 fully saturated rings. The molecule has 0 aliphatic carbocycles. The van der Waals surface area contributed by atoms with E-state index in [4.69, 9.17) is 0 Å². The summed E-state index contributed by atoms with van der Waals surface area (Å²) in [5, 5.41) is 10.7. The van der Waals surface area contributed by atoms with Crippen molar-refractivity contribution < 1.29 is 17.6 Å². The molecule has 0 unspecified atom stereocenters. The first-order valence-electron chi connectivity index (χ1n) is 10.6. The maximum Gasteiger partial charge on any atom is 0.333 e. The summed E-state index contributed by atoms with van der Waals surface area (Å²) in [6.07, 6.45) is 0. The van der Waals surface area contributed by atoms with Gasteiger partial charge in [0.1, 0.15) is 5.82 Å². The van der Waals surface area contributed by atoms with Crippen LogP contribution in [0.2, 0.25) is 0 Å². The van der Waals surface area contributed by atoms with Crippen molar-refractivity contribution in [3.05, 3.63) is 47.0 Å². The van der Waals surface area contributed by atoms with Gasteiger partial charge < -0.3 is 10.2 Å². The van der Waals surface area contributed by atoms with Crippen LogP contribution >= 0.6 is 0 Å². The SMILES string of the molecule is Cc1cc(-c2cc(F)cc(C(C)C)c2NC(=O)NS(=O)(=O)c2cc(CN(C)C)n(C)n2)n(C)n1. The van der Waals surface area contributed by atoms with E-state index in [9.17, 15) is 17.6 Å². The van der Waals surface area contributed by atoms with Gasteiger partial charge in [-0.05, 0) is 50.7 Å². The van der Waals surface area contributed by atoms with Crippen LogP contribution in [0.1, 0.15) is 36.7 Å². The summed E-state index contributed by atoms with van der Waals surface area (Å²) in [4.78, 5) is 14.7. The molecule has 0 saturated heterocycles. The molecule has 3 rings (SSSR count). The number of nitrogens with zero attached hydrogens (tertiary/aromatic N) is 5. The van der Waals surface area contributed by atoms with E-state index in [-0.39, 0.29) is 10.9 Å². The highest BCUT2D eigenvalue weighted by Gasteiger charge is 2.25. The predicted molar refractivity (Wildman–Crippen MR) is 127 cm³/mol. The number of sulfonamides is 1. The van der Waals surface area contributed by atoms with Crippen LogP contribution in [0.15, 0.2) is 29.3 Å². The molecule has 0 radical (unpaired) electrons. The minimum atomic E-state index is -4.24. The maximum absolute atomic E-state index is 14.5. The number of hydrogen-bond acceptors (Lipinski definition) is 6. The number of benzene rings is 1. The first-order chi connectivity index (χ1) is 15.8. The molecule has 0 aliphatic rings. The normalized spacial score (nSPS) is 11.9. The summed E-state index contributed by atoms with van der Waals surface area (Å²) in [5.74, 6) is -0.627. The molecule has 2 aromatic heterocycles. The van der Waals surface area contributed by atoms with E-state index in [0.29, 0.717) is 34.7 Å². The third-order valence-electron chi connectivity index (χ3n) is 5.21. The summed E-state index contributed by atoms with van der Waals surface area (Å²) in [5.41, 5.74) is 3.18. The largest absolute Gasteiger partial charge is 0.333 e. The minimum absolute atomic E-state index is 0.153. The van der Waals surface area contributed by atoms with Crippen LogP contribution in [0.3, 0.4) is 0 Å². The molecule has 1 aromatic carbocycles. The third-order valence-corrected chi connectivity index (χ3v) is 6.41. The highest BCUT2D eigenvalue weighted by atomic mass is 32.2. The van der Waals surface area contributed by atoms with Gasteiger partial charge in [-0.1, -0.05) is 13.8 Å². The molecular formula is C22H30FN7O3S. The number of anilines is 1. The number of amides is 2. The summed E-state index contributed by atoms with van der Waals surface area (Å²) in [6, 6.07) is 4.82. The average molecular weight is 492 g/mol. The zero-order valence-corrected chi connectivity index (χ0v) is 21.2. The van der Waals surface area contributed by atoms with E-state index in [2.05, 4.69) is 15.5 Å². The summed E-state index contributed by atoms with van der Waals surface area (Å²) in [6.45, 7) is 5.99. The lowest BCUT2D eigenvalue weighted by Crippen LogP contribution is -2.35. The third kappa shape index (κ3) is 5.45. The lowest BCUT2D eigenvalue weighted by atomic mass is 9.96. The van der Waals surface area contributed by atoms with E-state index < -0.39 is 21.9 Å². The van der Waals surface area contributed by atoms with Crippen LogP contribution < -0.4 is 10.0 Å². The van der Waals surface area contributed by atoms with Crippen LogP contribution in [-0.2, 0) is 30.7 Å². The highest BCUT2D eigenvalue weighted by Crippen LogP contribution is 2.36. The number of rotatable bonds is 7. The van der Waals surface area contributed by atoms with Crippen molar-refractivity contribution in [2.24, 2.45) is 14.1 Å². The lowest BCUT2D eigenvalue weighted by molar-refractivity contribution is 0.256. The van der Waals surface area contributed by atoms with Crippen molar-refractivity contribution >= 4 is 21.7 Å². The molecule has 184 valence electrons. The summed E-state index contributed by atoms with van der Waals surface area (Å²) >= 11 is 0. The quantitative estimate of drug-likeness (QED) is 0.525. The molecule has 2 N–H and O–H groups in total. The number of aromatic nitrogens is 4. The van der Waals surface area contributed by atoms with Gasteiger partial charge in [0.25, 0.3) is 10.0 Å². The second-order valence-corrected chi connectivity index (χ2v) is 10.4. The number of hydrogen-bond donors (Lipinski definition) is 2. The summed E-state index contributed by atoms with van der Waals surface area (Å²) < 4.78 is 45.2. The van der Waals surface area contributed by atoms with Gasteiger partial charge in [0.2, 0.25) is 0 Å². The second-order valence-electron chi connectivity index (χ2n) is 8.76. The van der Waals surface area contributed by atoms with E-state index in [1.54, 1.807) is 31.8 Å². The smallest absolute Gasteiger partial charge is 0.306 e. The van der Waals surface area contributed by atoms with Crippen molar-refractivity contribution in [2.75, 3.05) is 19.4 Å². The van der Waals surface area contributed by atoms with E-state index in [1.807, 2.05) is 37.6 Å². The molecule has 0 bridgehead atoms. The number of nitrogens with one attached hydrogen (secondary N) is 2. The first kappa shape index (κ1) is 25.4. The van der Waals surface area contributed by atoms with Crippen molar-refractivity contribution in [1.82, 2.24) is 29.2 Å². The van der Waals surface area contributed by atoms with Crippen LogP contribution in [-0.4, -0.2) is 53.0 Å². The van der Waals surface area contributed by atoms with Gasteiger partial charge in [-0.15, -0.1) is 0 Å². The maximum atomic E-state index is 14.5. The number of carbonyl (C=O) groups excluding carboxylic acids is 1. The van der Waals surface area contributed by atoms with Crippen molar-refractivity contribution in [1.29, 1.82) is 0 Å². The standard InChI is InChI=1S/C22H30FN7O3S/c1-13(2)17-9-15(23)10-18(19-8-14(3)25-30(19)7)21(17)24-22(31)27-34(32,33)20-11-16(12-28(4)5)29(6)26-20/h8-11,13H,12H2,1-7H3,(H2,24,27,31). The molecule has 0 spiro atoms. The average Bonchev–Trinajstić information content (AvgIpc) is 3.23. The van der Waals surface area contributed by atoms with Gasteiger partial charge in [0.15, 0.2) is 5.03 Å². The highest BCUT2D eigenvalue weighted by molar-refractivity contribution is 7.90. The van der Waals surface area contributed by atoms with Crippen LogP contribution in [0.25, 0.3) is 11.3 Å². The van der Waals surface area contributed by atoms with Crippen LogP contribution in [0.5, 0.6) is 0 Å². The zero-order valence-electron chi connectivity index (χ0n) is 20.3. The Kier molecular flexibility index (Phi) is 7.13. The molecule has 34 heavy (non-hydrogen) atoms. The van der Waals surface area contributed by atoms with Crippen molar-refractivity contribution in [2.45, 2.75) is 38.3 Å². The number of halogens is 1. The van der Waals surface area contributed by atoms with Crippen LogP contribution in [0.4, 0.5) is 14.9 Å². The number of urea groups is 1. The summed E-state index contributed by atoms with van der Waals surface area (Å²) in [7, 11) is 2.80. The Morgan fingerprint density at radius 3 is 2.35 bits per heavy atom. The van der Waals surface area contributed by atoms with Crippen molar-refractivity contribution in [3.8, 4) is 11.3 Å². The Balaban J connectivity index is 1.96. The minimum Gasteiger partial charge on any atom is -0.306 e. The fourth-order valence-electron chi connectivity index (χ4n) is 3.68. The van der Waals surface area contributed by atoms with Gasteiger partial charge in [0, 0.05) is 32.3 Å². The van der Waals surface area contributed by atoms with Gasteiger partial charge in [-0.25, -0.2) is 13.9 Å². The fourth-order valence-corrected chi connectivity index (χ4v) is 4.60. The van der Waals surface area contributed by atoms with E-state index in [1.165, 1.54) is 22.9 Å². The predicted octanol–water partition coefficient (Wildman–Crippen LogP) is 2.96. The fraction of sp³-hybridized carbons (Fsp3) is 0.409.